The van der Waals surface area contributed by atoms with Crippen molar-refractivity contribution in [2.75, 3.05) is 14.2 Å². The molecule has 0 bridgehead atoms. The summed E-state index contributed by atoms with van der Waals surface area (Å²) in [6.07, 6.45) is 0. The Morgan fingerprint density at radius 2 is 1.86 bits per heavy atom. The Morgan fingerprint density at radius 1 is 1.14 bits per heavy atom. The lowest BCUT2D eigenvalue weighted by Crippen LogP contribution is -2.10. The maximum Gasteiger partial charge on any atom is 0.277 e. The second-order valence-electron chi connectivity index (χ2n) is 6.24. The minimum atomic E-state index is -0.123. The van der Waals surface area contributed by atoms with Gasteiger partial charge in [-0.1, -0.05) is 11.8 Å². The Morgan fingerprint density at radius 3 is 2.55 bits per heavy atom. The van der Waals surface area contributed by atoms with Crippen LogP contribution in [0.3, 0.4) is 0 Å². The van der Waals surface area contributed by atoms with Gasteiger partial charge in [0.15, 0.2) is 0 Å². The second-order valence-corrected chi connectivity index (χ2v) is 8.37. The zero-order chi connectivity index (χ0) is 20.5. The van der Waals surface area contributed by atoms with Crippen molar-refractivity contribution in [2.45, 2.75) is 24.8 Å². The molecule has 1 aromatic carbocycles. The summed E-state index contributed by atoms with van der Waals surface area (Å²) >= 11 is 2.83. The zero-order valence-electron chi connectivity index (χ0n) is 16.2. The lowest BCUT2D eigenvalue weighted by molar-refractivity contribution is 0.394. The van der Waals surface area contributed by atoms with Crippen LogP contribution in [0.2, 0.25) is 0 Å². The van der Waals surface area contributed by atoms with Gasteiger partial charge >= 0.3 is 0 Å². The minimum absolute atomic E-state index is 0.123. The summed E-state index contributed by atoms with van der Waals surface area (Å²) in [6.45, 7) is 3.93. The summed E-state index contributed by atoms with van der Waals surface area (Å²) in [7, 11) is 3.16. The molecule has 4 rings (SSSR count). The Hall–Kier alpha value is -2.85. The predicted octanol–water partition coefficient (Wildman–Crippen LogP) is 3.96. The van der Waals surface area contributed by atoms with Crippen LogP contribution >= 0.6 is 23.1 Å². The van der Waals surface area contributed by atoms with Gasteiger partial charge in [-0.05, 0) is 31.5 Å². The number of H-pyrrole nitrogens is 1. The lowest BCUT2D eigenvalue weighted by atomic mass is 10.2. The van der Waals surface area contributed by atoms with Crippen molar-refractivity contribution in [2.24, 2.45) is 0 Å². The number of thioether (sulfide) groups is 1. The highest BCUT2D eigenvalue weighted by Gasteiger charge is 2.15. The zero-order valence-corrected chi connectivity index (χ0v) is 17.9. The third-order valence-electron chi connectivity index (χ3n) is 4.43. The first-order valence-corrected chi connectivity index (χ1v) is 10.5. The van der Waals surface area contributed by atoms with Crippen molar-refractivity contribution in [1.29, 1.82) is 0 Å². The molecule has 0 fully saturated rings. The Balaban J connectivity index is 1.55. The molecule has 0 aliphatic carbocycles. The topological polar surface area (TPSA) is 103 Å². The Labute approximate surface area is 174 Å². The van der Waals surface area contributed by atoms with E-state index in [1.165, 1.54) is 23.1 Å². The third kappa shape index (κ3) is 3.85. The Bertz CT molecular complexity index is 1220. The summed E-state index contributed by atoms with van der Waals surface area (Å²) in [5.74, 6) is 2.58. The molecule has 0 radical (unpaired) electrons. The van der Waals surface area contributed by atoms with Crippen molar-refractivity contribution >= 4 is 33.3 Å². The van der Waals surface area contributed by atoms with E-state index in [4.69, 9.17) is 13.9 Å². The fourth-order valence-electron chi connectivity index (χ4n) is 2.81. The molecular weight excluding hydrogens is 412 g/mol. The first-order chi connectivity index (χ1) is 14.0. The second kappa shape index (κ2) is 7.88. The van der Waals surface area contributed by atoms with E-state index in [1.807, 2.05) is 13.8 Å². The third-order valence-corrected chi connectivity index (χ3v) is 6.36. The van der Waals surface area contributed by atoms with E-state index in [0.717, 1.165) is 15.3 Å². The lowest BCUT2D eigenvalue weighted by Gasteiger charge is -2.05. The van der Waals surface area contributed by atoms with Gasteiger partial charge in [0.2, 0.25) is 5.89 Å². The molecule has 0 amide bonds. The highest BCUT2D eigenvalue weighted by atomic mass is 32.2. The molecule has 10 heteroatoms. The van der Waals surface area contributed by atoms with Gasteiger partial charge in [0.1, 0.15) is 22.2 Å². The molecule has 4 aromatic rings. The molecule has 0 aliphatic rings. The van der Waals surface area contributed by atoms with Crippen LogP contribution in [0.25, 0.3) is 21.7 Å². The van der Waals surface area contributed by atoms with Crippen LogP contribution in [0.15, 0.2) is 32.6 Å². The number of methoxy groups -OCH3 is 2. The number of aromatic amines is 1. The molecule has 0 atom stereocenters. The van der Waals surface area contributed by atoms with Gasteiger partial charge in [-0.15, -0.1) is 21.5 Å². The van der Waals surface area contributed by atoms with E-state index < -0.39 is 0 Å². The molecule has 8 nitrogen and oxygen atoms in total. The first-order valence-electron chi connectivity index (χ1n) is 8.67. The molecule has 29 heavy (non-hydrogen) atoms. The van der Waals surface area contributed by atoms with Gasteiger partial charge in [0.25, 0.3) is 10.8 Å². The van der Waals surface area contributed by atoms with Gasteiger partial charge in [0, 0.05) is 16.5 Å². The van der Waals surface area contributed by atoms with E-state index >= 15 is 0 Å². The highest BCUT2D eigenvalue weighted by molar-refractivity contribution is 7.98. The molecule has 150 valence electrons. The van der Waals surface area contributed by atoms with Gasteiger partial charge in [-0.3, -0.25) is 4.79 Å². The number of ether oxygens (including phenoxy) is 2. The van der Waals surface area contributed by atoms with E-state index in [9.17, 15) is 4.79 Å². The molecule has 0 unspecified atom stereocenters. The number of nitrogens with one attached hydrogen (secondary N) is 1. The summed E-state index contributed by atoms with van der Waals surface area (Å²) in [5.41, 5.74) is 1.55. The first kappa shape index (κ1) is 19.5. The van der Waals surface area contributed by atoms with E-state index in [-0.39, 0.29) is 5.56 Å². The average molecular weight is 431 g/mol. The average Bonchev–Trinajstić information content (AvgIpc) is 3.31. The number of rotatable bonds is 6. The molecule has 0 saturated carbocycles. The van der Waals surface area contributed by atoms with Gasteiger partial charge in [-0.25, -0.2) is 4.98 Å². The van der Waals surface area contributed by atoms with Crippen molar-refractivity contribution in [3.8, 4) is 23.0 Å². The van der Waals surface area contributed by atoms with Crippen LogP contribution in [0.5, 0.6) is 11.5 Å². The van der Waals surface area contributed by atoms with Crippen LogP contribution in [0.1, 0.15) is 16.3 Å². The number of hydrogen-bond donors (Lipinski definition) is 1. The molecular formula is C19H18N4O4S2. The molecule has 0 aliphatic heterocycles. The Kier molecular flexibility index (Phi) is 5.29. The van der Waals surface area contributed by atoms with Crippen molar-refractivity contribution < 1.29 is 13.9 Å². The minimum Gasteiger partial charge on any atom is -0.497 e. The number of aryl methyl sites for hydroxylation is 2. The van der Waals surface area contributed by atoms with Crippen LogP contribution in [-0.4, -0.2) is 34.4 Å². The number of aromatic nitrogens is 4. The summed E-state index contributed by atoms with van der Waals surface area (Å²) in [5, 5.41) is 9.20. The van der Waals surface area contributed by atoms with Gasteiger partial charge in [-0.2, -0.15) is 0 Å². The van der Waals surface area contributed by atoms with E-state index in [2.05, 4.69) is 20.2 Å². The summed E-state index contributed by atoms with van der Waals surface area (Å²) in [4.78, 5) is 21.6. The van der Waals surface area contributed by atoms with Crippen LogP contribution in [0.4, 0.5) is 0 Å². The van der Waals surface area contributed by atoms with Gasteiger partial charge in [0.05, 0.1) is 25.4 Å². The maximum absolute atomic E-state index is 12.4. The summed E-state index contributed by atoms with van der Waals surface area (Å²) in [6, 6.07) is 5.35. The van der Waals surface area contributed by atoms with Crippen LogP contribution in [0, 0.1) is 13.8 Å². The smallest absolute Gasteiger partial charge is 0.277 e. The molecule has 3 heterocycles. The fraction of sp³-hybridized carbons (Fsp3) is 0.263. The number of thiophene rings is 1. The monoisotopic (exact) mass is 430 g/mol. The van der Waals surface area contributed by atoms with Crippen LogP contribution < -0.4 is 15.0 Å². The summed E-state index contributed by atoms with van der Waals surface area (Å²) < 4.78 is 16.3. The van der Waals surface area contributed by atoms with Crippen molar-refractivity contribution in [3.05, 3.63) is 44.8 Å². The number of nitrogens with zero attached hydrogens (tertiary/aromatic N) is 3. The largest absolute Gasteiger partial charge is 0.497 e. The van der Waals surface area contributed by atoms with Crippen molar-refractivity contribution in [1.82, 2.24) is 20.2 Å². The predicted molar refractivity (Wildman–Crippen MR) is 112 cm³/mol. The quantitative estimate of drug-likeness (QED) is 0.459. The van der Waals surface area contributed by atoms with Gasteiger partial charge < -0.3 is 18.9 Å². The maximum atomic E-state index is 12.4. The molecule has 0 saturated heterocycles. The van der Waals surface area contributed by atoms with E-state index in [0.29, 0.717) is 45.1 Å². The van der Waals surface area contributed by atoms with Crippen molar-refractivity contribution in [3.63, 3.8) is 0 Å². The number of fused-ring (bicyclic) bond motifs is 1. The van der Waals surface area contributed by atoms with Crippen LogP contribution in [-0.2, 0) is 5.75 Å². The molecule has 1 N–H and O–H groups in total. The highest BCUT2D eigenvalue weighted by Crippen LogP contribution is 2.31. The number of benzene rings is 1. The normalized spacial score (nSPS) is 11.2. The standard InChI is InChI=1S/C19H18N4O4S2/c1-9-10(2)29-18-15(9)16(24)20-14(21-18)8-28-19-23-22-17(27-19)11-5-12(25-3)7-13(6-11)26-4/h5-7H,8H2,1-4H3,(H,20,21,24). The SMILES string of the molecule is COc1cc(OC)cc(-c2nnc(SCc3nc4sc(C)c(C)c4c(=O)[nH]3)o2)c1. The molecule has 3 aromatic heterocycles. The number of hydrogen-bond acceptors (Lipinski definition) is 9. The fourth-order valence-corrected chi connectivity index (χ4v) is 4.50. The van der Waals surface area contributed by atoms with E-state index in [1.54, 1.807) is 32.4 Å². The molecule has 0 spiro atoms.